The molecule has 2 aromatic rings. The third-order valence-corrected chi connectivity index (χ3v) is 3.42. The normalized spacial score (nSPS) is 13.2. The van der Waals surface area contributed by atoms with Crippen molar-refractivity contribution in [2.75, 3.05) is 12.0 Å². The lowest BCUT2D eigenvalue weighted by molar-refractivity contribution is 0.717. The number of hydrogen-bond donors (Lipinski definition) is 0. The van der Waals surface area contributed by atoms with Crippen molar-refractivity contribution in [3.63, 3.8) is 0 Å². The highest BCUT2D eigenvalue weighted by Crippen LogP contribution is 2.24. The van der Waals surface area contributed by atoms with Gasteiger partial charge in [-0.15, -0.1) is 11.6 Å². The van der Waals surface area contributed by atoms with E-state index in [1.165, 1.54) is 0 Å². The first-order valence-corrected chi connectivity index (χ1v) is 7.43. The average molecular weight is 270 g/mol. The highest BCUT2D eigenvalue weighted by Gasteiger charge is 2.15. The maximum Gasteiger partial charge on any atom is 0.160 e. The molecule has 0 amide bonds. The molecule has 0 spiro atoms. The van der Waals surface area contributed by atoms with E-state index >= 15 is 0 Å². The molecule has 2 heterocycles. The lowest BCUT2D eigenvalue weighted by atomic mass is 10.3. The molecule has 1 atom stereocenters. The molecule has 0 aliphatic rings. The summed E-state index contributed by atoms with van der Waals surface area (Å²) in [6.45, 7) is 4.85. The number of aryl methyl sites for hydroxylation is 2. The Morgan fingerprint density at radius 1 is 1.41 bits per heavy atom. The zero-order valence-corrected chi connectivity index (χ0v) is 11.8. The second kappa shape index (κ2) is 5.27. The minimum absolute atomic E-state index is 0.0913. The Hall–Kier alpha value is -0.740. The van der Waals surface area contributed by atoms with Crippen molar-refractivity contribution in [3.05, 3.63) is 23.7 Å². The molecule has 0 aliphatic carbocycles. The Bertz CT molecular complexity index is 522. The van der Waals surface area contributed by atoms with E-state index in [-0.39, 0.29) is 5.38 Å². The first-order valence-electron chi connectivity index (χ1n) is 5.60. The summed E-state index contributed by atoms with van der Waals surface area (Å²) >= 11 is 7.99. The molecule has 0 fully saturated rings. The minimum Gasteiger partial charge on any atom is -0.311 e. The van der Waals surface area contributed by atoms with E-state index in [0.717, 1.165) is 35.0 Å². The third kappa shape index (κ3) is 2.58. The molecule has 92 valence electrons. The summed E-state index contributed by atoms with van der Waals surface area (Å²) in [6.07, 6.45) is 2.10. The molecule has 17 heavy (non-hydrogen) atoms. The topological polar surface area (TPSA) is 30.7 Å². The van der Waals surface area contributed by atoms with Crippen molar-refractivity contribution in [1.29, 1.82) is 0 Å². The van der Waals surface area contributed by atoms with Crippen LogP contribution in [0.25, 0.3) is 11.2 Å². The SMILES string of the molecule is CSCCn1c(C(C)Cl)nc2ccc(C)nc21. The largest absolute Gasteiger partial charge is 0.311 e. The fourth-order valence-corrected chi connectivity index (χ4v) is 2.35. The molecule has 0 bridgehead atoms. The number of hydrogen-bond acceptors (Lipinski definition) is 3. The number of rotatable bonds is 4. The van der Waals surface area contributed by atoms with Crippen LogP contribution in [0.3, 0.4) is 0 Å². The second-order valence-corrected chi connectivity index (χ2v) is 5.67. The maximum absolute atomic E-state index is 6.18. The van der Waals surface area contributed by atoms with E-state index in [9.17, 15) is 0 Å². The summed E-state index contributed by atoms with van der Waals surface area (Å²) in [6, 6.07) is 3.99. The van der Waals surface area contributed by atoms with Crippen LogP contribution in [0.2, 0.25) is 0 Å². The summed E-state index contributed by atoms with van der Waals surface area (Å²) in [5.41, 5.74) is 2.89. The quantitative estimate of drug-likeness (QED) is 0.797. The van der Waals surface area contributed by atoms with E-state index in [0.29, 0.717) is 0 Å². The van der Waals surface area contributed by atoms with Crippen molar-refractivity contribution in [3.8, 4) is 0 Å². The highest BCUT2D eigenvalue weighted by atomic mass is 35.5. The molecule has 5 heteroatoms. The third-order valence-electron chi connectivity index (χ3n) is 2.64. The predicted molar refractivity (Wildman–Crippen MR) is 74.9 cm³/mol. The molecule has 0 N–H and O–H groups in total. The monoisotopic (exact) mass is 269 g/mol. The smallest absolute Gasteiger partial charge is 0.160 e. The molecule has 2 rings (SSSR count). The predicted octanol–water partition coefficient (Wildman–Crippen LogP) is 3.40. The number of fused-ring (bicyclic) bond motifs is 1. The molecule has 3 nitrogen and oxygen atoms in total. The Morgan fingerprint density at radius 2 is 2.18 bits per heavy atom. The Labute approximate surface area is 111 Å². The fraction of sp³-hybridized carbons (Fsp3) is 0.500. The summed E-state index contributed by atoms with van der Waals surface area (Å²) in [4.78, 5) is 9.13. The van der Waals surface area contributed by atoms with E-state index in [1.807, 2.05) is 37.7 Å². The first kappa shape index (κ1) is 12.7. The van der Waals surface area contributed by atoms with Crippen molar-refractivity contribution < 1.29 is 0 Å². The molecule has 2 aromatic heterocycles. The average Bonchev–Trinajstić information content (AvgIpc) is 2.64. The van der Waals surface area contributed by atoms with Crippen molar-refractivity contribution in [1.82, 2.24) is 14.5 Å². The number of thioether (sulfide) groups is 1. The van der Waals surface area contributed by atoms with Crippen LogP contribution in [0.4, 0.5) is 0 Å². The molecule has 0 aliphatic heterocycles. The van der Waals surface area contributed by atoms with Crippen LogP contribution in [0, 0.1) is 6.92 Å². The van der Waals surface area contributed by atoms with Gasteiger partial charge in [0, 0.05) is 18.0 Å². The van der Waals surface area contributed by atoms with Gasteiger partial charge < -0.3 is 4.57 Å². The van der Waals surface area contributed by atoms with Crippen LogP contribution in [-0.2, 0) is 6.54 Å². The van der Waals surface area contributed by atoms with Crippen LogP contribution in [0.5, 0.6) is 0 Å². The van der Waals surface area contributed by atoms with Crippen molar-refractivity contribution in [2.24, 2.45) is 0 Å². The van der Waals surface area contributed by atoms with E-state index < -0.39 is 0 Å². The molecule has 0 saturated carbocycles. The van der Waals surface area contributed by atoms with Crippen LogP contribution in [0.15, 0.2) is 12.1 Å². The number of halogens is 1. The number of nitrogens with zero attached hydrogens (tertiary/aromatic N) is 3. The van der Waals surface area contributed by atoms with Gasteiger partial charge in [0.15, 0.2) is 5.65 Å². The van der Waals surface area contributed by atoms with Gasteiger partial charge in [-0.25, -0.2) is 9.97 Å². The van der Waals surface area contributed by atoms with Crippen LogP contribution in [0.1, 0.15) is 23.8 Å². The van der Waals surface area contributed by atoms with Crippen molar-refractivity contribution >= 4 is 34.5 Å². The number of alkyl halides is 1. The van der Waals surface area contributed by atoms with Gasteiger partial charge >= 0.3 is 0 Å². The zero-order chi connectivity index (χ0) is 12.4. The van der Waals surface area contributed by atoms with E-state index in [4.69, 9.17) is 11.6 Å². The summed E-state index contributed by atoms with van der Waals surface area (Å²) < 4.78 is 2.14. The summed E-state index contributed by atoms with van der Waals surface area (Å²) in [7, 11) is 0. The van der Waals surface area contributed by atoms with Gasteiger partial charge in [0.25, 0.3) is 0 Å². The molecule has 0 saturated heterocycles. The Morgan fingerprint density at radius 3 is 2.82 bits per heavy atom. The van der Waals surface area contributed by atoms with Crippen LogP contribution >= 0.6 is 23.4 Å². The molecule has 0 aromatic carbocycles. The molecule has 1 unspecified atom stereocenters. The van der Waals surface area contributed by atoms with Gasteiger partial charge in [0.05, 0.1) is 5.38 Å². The van der Waals surface area contributed by atoms with E-state index in [2.05, 4.69) is 20.8 Å². The minimum atomic E-state index is -0.0913. The van der Waals surface area contributed by atoms with Gasteiger partial charge in [0.2, 0.25) is 0 Å². The van der Waals surface area contributed by atoms with Gasteiger partial charge in [-0.1, -0.05) is 0 Å². The van der Waals surface area contributed by atoms with Gasteiger partial charge in [0.1, 0.15) is 11.3 Å². The summed E-state index contributed by atoms with van der Waals surface area (Å²) in [5.74, 6) is 1.95. The van der Waals surface area contributed by atoms with Gasteiger partial charge in [-0.2, -0.15) is 11.8 Å². The zero-order valence-electron chi connectivity index (χ0n) is 10.3. The lowest BCUT2D eigenvalue weighted by Gasteiger charge is -2.08. The van der Waals surface area contributed by atoms with Gasteiger partial charge in [-0.05, 0) is 32.2 Å². The summed E-state index contributed by atoms with van der Waals surface area (Å²) in [5, 5.41) is -0.0913. The fourth-order valence-electron chi connectivity index (χ4n) is 1.82. The molecular formula is C12H16ClN3S. The first-order chi connectivity index (χ1) is 8.13. The Balaban J connectivity index is 2.56. The number of pyridine rings is 1. The molecular weight excluding hydrogens is 254 g/mol. The van der Waals surface area contributed by atoms with Crippen molar-refractivity contribution in [2.45, 2.75) is 25.8 Å². The highest BCUT2D eigenvalue weighted by molar-refractivity contribution is 7.98. The number of aromatic nitrogens is 3. The Kier molecular flexibility index (Phi) is 3.94. The number of imidazole rings is 1. The lowest BCUT2D eigenvalue weighted by Crippen LogP contribution is -2.07. The van der Waals surface area contributed by atoms with Crippen LogP contribution in [-0.4, -0.2) is 26.5 Å². The van der Waals surface area contributed by atoms with Gasteiger partial charge in [-0.3, -0.25) is 0 Å². The van der Waals surface area contributed by atoms with E-state index in [1.54, 1.807) is 0 Å². The second-order valence-electron chi connectivity index (χ2n) is 4.03. The van der Waals surface area contributed by atoms with Crippen LogP contribution < -0.4 is 0 Å². The molecule has 0 radical (unpaired) electrons. The maximum atomic E-state index is 6.18. The standard InChI is InChI=1S/C12H16ClN3S/c1-8-4-5-10-12(14-8)16(6-7-17-3)11(15-10)9(2)13/h4-5,9H,6-7H2,1-3H3.